The number of benzene rings is 5. The molecule has 162 valence electrons. The molecule has 0 atom stereocenters. The van der Waals surface area contributed by atoms with Crippen molar-refractivity contribution in [1.82, 2.24) is 4.57 Å². The lowest BCUT2D eigenvalue weighted by atomic mass is 9.94. The fraction of sp³-hybridized carbons (Fsp3) is 0.0625. The number of aromatic nitrogens is 1. The van der Waals surface area contributed by atoms with Gasteiger partial charge in [0, 0.05) is 32.2 Å². The maximum Gasteiger partial charge on any atom is 0.0622 e. The third-order valence-corrected chi connectivity index (χ3v) is 7.64. The van der Waals surface area contributed by atoms with E-state index in [2.05, 4.69) is 130 Å². The first kappa shape index (κ1) is 19.8. The van der Waals surface area contributed by atoms with E-state index in [0.29, 0.717) is 0 Å². The molecule has 1 heterocycles. The standard InChI is InChI=1S/C32H22BrN/c33-23-17-13-21(14-18-23)22-15-19-24(20-16-22)34-30-12-6-5-11-29(30)31-27-9-3-1-7-25(27)26-8-2-4-10-28(26)32(31)34/h1-5,7-11,13-20H,6,12H2. The number of hydrogen-bond acceptors (Lipinski definition) is 0. The first-order valence-corrected chi connectivity index (χ1v) is 12.6. The van der Waals surface area contributed by atoms with Gasteiger partial charge >= 0.3 is 0 Å². The second kappa shape index (κ2) is 7.72. The molecule has 6 aromatic rings. The zero-order chi connectivity index (χ0) is 22.6. The van der Waals surface area contributed by atoms with E-state index in [1.165, 1.54) is 60.5 Å². The topological polar surface area (TPSA) is 4.93 Å². The Balaban J connectivity index is 1.56. The molecule has 1 aromatic heterocycles. The van der Waals surface area contributed by atoms with E-state index in [1.54, 1.807) is 0 Å². The summed E-state index contributed by atoms with van der Waals surface area (Å²) in [6.45, 7) is 0. The van der Waals surface area contributed by atoms with Gasteiger partial charge in [0.15, 0.2) is 0 Å². The third kappa shape index (κ3) is 2.92. The van der Waals surface area contributed by atoms with E-state index >= 15 is 0 Å². The first-order valence-electron chi connectivity index (χ1n) is 11.8. The molecular weight excluding hydrogens is 478 g/mol. The minimum Gasteiger partial charge on any atom is -0.312 e. The van der Waals surface area contributed by atoms with Crippen molar-refractivity contribution in [2.45, 2.75) is 12.8 Å². The summed E-state index contributed by atoms with van der Waals surface area (Å²) in [6, 6.07) is 35.3. The summed E-state index contributed by atoms with van der Waals surface area (Å²) < 4.78 is 3.62. The largest absolute Gasteiger partial charge is 0.312 e. The monoisotopic (exact) mass is 499 g/mol. The van der Waals surface area contributed by atoms with Gasteiger partial charge in [-0.25, -0.2) is 0 Å². The molecule has 2 heteroatoms. The van der Waals surface area contributed by atoms with Crippen LogP contribution in [0.25, 0.3) is 55.3 Å². The molecule has 1 nitrogen and oxygen atoms in total. The summed E-state index contributed by atoms with van der Waals surface area (Å²) in [5.74, 6) is 0. The smallest absolute Gasteiger partial charge is 0.0622 e. The lowest BCUT2D eigenvalue weighted by Crippen LogP contribution is -2.03. The average Bonchev–Trinajstić information content (AvgIpc) is 3.25. The van der Waals surface area contributed by atoms with E-state index in [0.717, 1.165) is 17.3 Å². The number of halogens is 1. The van der Waals surface area contributed by atoms with Crippen LogP contribution in [0.5, 0.6) is 0 Å². The van der Waals surface area contributed by atoms with Crippen LogP contribution in [-0.2, 0) is 6.42 Å². The lowest BCUT2D eigenvalue weighted by molar-refractivity contribution is 0.890. The van der Waals surface area contributed by atoms with E-state index in [9.17, 15) is 0 Å². The van der Waals surface area contributed by atoms with Crippen molar-refractivity contribution in [2.24, 2.45) is 0 Å². The Morgan fingerprint density at radius 1 is 0.618 bits per heavy atom. The van der Waals surface area contributed by atoms with Crippen molar-refractivity contribution in [3.05, 3.63) is 119 Å². The van der Waals surface area contributed by atoms with Gasteiger partial charge in [-0.05, 0) is 64.4 Å². The van der Waals surface area contributed by atoms with Crippen molar-refractivity contribution in [3.63, 3.8) is 0 Å². The summed E-state index contributed by atoms with van der Waals surface area (Å²) in [7, 11) is 0. The Kier molecular flexibility index (Phi) is 4.50. The van der Waals surface area contributed by atoms with Crippen molar-refractivity contribution in [1.29, 1.82) is 0 Å². The minimum absolute atomic E-state index is 1.05. The quantitative estimate of drug-likeness (QED) is 0.209. The van der Waals surface area contributed by atoms with E-state index in [-0.39, 0.29) is 0 Å². The molecule has 34 heavy (non-hydrogen) atoms. The highest BCUT2D eigenvalue weighted by Gasteiger charge is 2.22. The molecule has 0 fully saturated rings. The molecule has 0 N–H and O–H groups in total. The second-order valence-corrected chi connectivity index (χ2v) is 9.92. The molecule has 0 saturated carbocycles. The van der Waals surface area contributed by atoms with E-state index in [1.807, 2.05) is 0 Å². The van der Waals surface area contributed by atoms with Gasteiger partial charge in [0.1, 0.15) is 0 Å². The highest BCUT2D eigenvalue weighted by Crippen LogP contribution is 2.43. The molecule has 1 aliphatic carbocycles. The SMILES string of the molecule is Brc1ccc(-c2ccc(-n3c4c(c5c6ccccc6c6ccccc6c53)C=CCC4)cc2)cc1. The van der Waals surface area contributed by atoms with E-state index in [4.69, 9.17) is 0 Å². The summed E-state index contributed by atoms with van der Waals surface area (Å²) in [5.41, 5.74) is 7.80. The predicted molar refractivity (Wildman–Crippen MR) is 149 cm³/mol. The highest BCUT2D eigenvalue weighted by atomic mass is 79.9. The summed E-state index contributed by atoms with van der Waals surface area (Å²) in [6.07, 6.45) is 6.80. The predicted octanol–water partition coefficient (Wildman–Crippen LogP) is 9.33. The van der Waals surface area contributed by atoms with Crippen LogP contribution in [0.1, 0.15) is 17.7 Å². The third-order valence-electron chi connectivity index (χ3n) is 7.11. The van der Waals surface area contributed by atoms with Crippen molar-refractivity contribution < 1.29 is 0 Å². The maximum absolute atomic E-state index is 3.54. The number of hydrogen-bond donors (Lipinski definition) is 0. The molecule has 0 unspecified atom stereocenters. The maximum atomic E-state index is 3.54. The molecular formula is C32H22BrN. The molecule has 0 bridgehead atoms. The normalized spacial score (nSPS) is 13.1. The Morgan fingerprint density at radius 2 is 1.21 bits per heavy atom. The van der Waals surface area contributed by atoms with Crippen molar-refractivity contribution in [3.8, 4) is 16.8 Å². The molecule has 0 radical (unpaired) electrons. The van der Waals surface area contributed by atoms with Crippen LogP contribution in [0.2, 0.25) is 0 Å². The Morgan fingerprint density at radius 3 is 1.91 bits per heavy atom. The van der Waals surface area contributed by atoms with Crippen LogP contribution in [0.3, 0.4) is 0 Å². The average molecular weight is 500 g/mol. The van der Waals surface area contributed by atoms with Gasteiger partial charge in [-0.1, -0.05) is 101 Å². The number of allylic oxidation sites excluding steroid dienone is 1. The lowest BCUT2D eigenvalue weighted by Gasteiger charge is -2.15. The second-order valence-electron chi connectivity index (χ2n) is 9.01. The van der Waals surface area contributed by atoms with Crippen LogP contribution in [0.4, 0.5) is 0 Å². The number of nitrogens with zero attached hydrogens (tertiary/aromatic N) is 1. The molecule has 0 amide bonds. The molecule has 0 aliphatic heterocycles. The van der Waals surface area contributed by atoms with Crippen LogP contribution >= 0.6 is 15.9 Å². The fourth-order valence-corrected chi connectivity index (χ4v) is 5.87. The first-order chi connectivity index (χ1) is 16.8. The zero-order valence-electron chi connectivity index (χ0n) is 18.6. The van der Waals surface area contributed by atoms with Gasteiger partial charge in [0.2, 0.25) is 0 Å². The van der Waals surface area contributed by atoms with Crippen molar-refractivity contribution >= 4 is 54.5 Å². The molecule has 7 rings (SSSR count). The summed E-state index contributed by atoms with van der Waals surface area (Å²) in [5, 5.41) is 6.67. The fourth-order valence-electron chi connectivity index (χ4n) is 5.60. The van der Waals surface area contributed by atoms with Gasteiger partial charge in [0.25, 0.3) is 0 Å². The van der Waals surface area contributed by atoms with E-state index < -0.39 is 0 Å². The van der Waals surface area contributed by atoms with Crippen molar-refractivity contribution in [2.75, 3.05) is 0 Å². The summed E-state index contributed by atoms with van der Waals surface area (Å²) >= 11 is 3.54. The van der Waals surface area contributed by atoms with Crippen LogP contribution < -0.4 is 0 Å². The Hall–Kier alpha value is -3.62. The molecule has 1 aliphatic rings. The summed E-state index contributed by atoms with van der Waals surface area (Å²) in [4.78, 5) is 0. The van der Waals surface area contributed by atoms with Crippen LogP contribution in [0.15, 0.2) is 108 Å². The number of fused-ring (bicyclic) bond motifs is 8. The molecule has 0 spiro atoms. The van der Waals surface area contributed by atoms with Gasteiger partial charge in [-0.15, -0.1) is 0 Å². The molecule has 5 aromatic carbocycles. The molecule has 0 saturated heterocycles. The van der Waals surface area contributed by atoms with Gasteiger partial charge in [-0.3, -0.25) is 0 Å². The van der Waals surface area contributed by atoms with Crippen LogP contribution in [-0.4, -0.2) is 4.57 Å². The Bertz CT molecular complexity index is 1740. The minimum atomic E-state index is 1.05. The zero-order valence-corrected chi connectivity index (χ0v) is 20.2. The van der Waals surface area contributed by atoms with Gasteiger partial charge < -0.3 is 4.57 Å². The highest BCUT2D eigenvalue weighted by molar-refractivity contribution is 9.10. The van der Waals surface area contributed by atoms with Crippen LogP contribution in [0, 0.1) is 0 Å². The van der Waals surface area contributed by atoms with Gasteiger partial charge in [-0.2, -0.15) is 0 Å². The Labute approximate surface area is 207 Å². The number of rotatable bonds is 2. The van der Waals surface area contributed by atoms with Gasteiger partial charge in [0.05, 0.1) is 5.52 Å².